The molecule has 0 unspecified atom stereocenters. The van der Waals surface area contributed by atoms with Gasteiger partial charge in [0.1, 0.15) is 0 Å². The molecule has 0 heterocycles. The van der Waals surface area contributed by atoms with Crippen molar-refractivity contribution in [3.63, 3.8) is 0 Å². The molecule has 1 aromatic rings. The molecule has 0 aromatic heterocycles. The van der Waals surface area contributed by atoms with Crippen molar-refractivity contribution in [2.24, 2.45) is 0 Å². The molecule has 17 heavy (non-hydrogen) atoms. The first-order valence-electron chi connectivity index (χ1n) is 5.45. The molecule has 94 valence electrons. The minimum atomic E-state index is -0.885. The topological polar surface area (TPSA) is 40.5 Å². The van der Waals surface area contributed by atoms with Crippen LogP contribution in [0.4, 0.5) is 0 Å². The molecule has 1 aromatic carbocycles. The molecule has 0 aliphatic rings. The van der Waals surface area contributed by atoms with Crippen molar-refractivity contribution in [1.29, 1.82) is 0 Å². The number of hydrogen-bond donors (Lipinski definition) is 1. The Hall–Kier alpha value is -0.870. The molecule has 0 bridgehead atoms. The first kappa shape index (κ1) is 14.2. The largest absolute Gasteiger partial charge is 0.389 e. The smallest absolute Gasteiger partial charge is 0.254 e. The van der Waals surface area contributed by atoms with Gasteiger partial charge in [-0.1, -0.05) is 22.0 Å². The molecule has 0 fully saturated rings. The standard InChI is InChI=1S/C13H18BrNO2/c1-9-10(6-5-7-11(9)14)12(16)15(4)8-13(2,3)17/h5-7,17H,8H2,1-4H3. The van der Waals surface area contributed by atoms with Crippen LogP contribution < -0.4 is 0 Å². The lowest BCUT2D eigenvalue weighted by molar-refractivity contribution is 0.0367. The fourth-order valence-electron chi connectivity index (χ4n) is 1.70. The van der Waals surface area contributed by atoms with E-state index in [1.807, 2.05) is 19.1 Å². The first-order valence-corrected chi connectivity index (χ1v) is 6.24. The summed E-state index contributed by atoms with van der Waals surface area (Å²) in [5.74, 6) is -0.0778. The third kappa shape index (κ3) is 3.82. The molecular formula is C13H18BrNO2. The molecular weight excluding hydrogens is 282 g/mol. The van der Waals surface area contributed by atoms with Gasteiger partial charge in [0.25, 0.3) is 5.91 Å². The normalized spacial score (nSPS) is 11.4. The highest BCUT2D eigenvalue weighted by Gasteiger charge is 2.21. The van der Waals surface area contributed by atoms with Gasteiger partial charge < -0.3 is 10.0 Å². The molecule has 0 saturated heterocycles. The van der Waals surface area contributed by atoms with Crippen LogP contribution in [0, 0.1) is 6.92 Å². The van der Waals surface area contributed by atoms with Crippen molar-refractivity contribution in [3.8, 4) is 0 Å². The van der Waals surface area contributed by atoms with E-state index in [4.69, 9.17) is 0 Å². The number of rotatable bonds is 3. The Balaban J connectivity index is 2.93. The highest BCUT2D eigenvalue weighted by molar-refractivity contribution is 9.10. The van der Waals surface area contributed by atoms with Crippen molar-refractivity contribution in [2.75, 3.05) is 13.6 Å². The summed E-state index contributed by atoms with van der Waals surface area (Å²) in [6.07, 6.45) is 0. The van der Waals surface area contributed by atoms with E-state index in [-0.39, 0.29) is 5.91 Å². The Morgan fingerprint density at radius 1 is 1.47 bits per heavy atom. The molecule has 0 atom stereocenters. The summed E-state index contributed by atoms with van der Waals surface area (Å²) in [5.41, 5.74) is 0.691. The first-order chi connectivity index (χ1) is 7.72. The Labute approximate surface area is 111 Å². The van der Waals surface area contributed by atoms with E-state index in [2.05, 4.69) is 15.9 Å². The van der Waals surface area contributed by atoms with Crippen molar-refractivity contribution in [1.82, 2.24) is 4.90 Å². The van der Waals surface area contributed by atoms with Gasteiger partial charge in [-0.25, -0.2) is 0 Å². The second-order valence-electron chi connectivity index (χ2n) is 4.89. The van der Waals surface area contributed by atoms with E-state index < -0.39 is 5.60 Å². The summed E-state index contributed by atoms with van der Waals surface area (Å²) in [7, 11) is 1.70. The van der Waals surface area contributed by atoms with E-state index in [0.29, 0.717) is 12.1 Å². The van der Waals surface area contributed by atoms with Gasteiger partial charge in [0.05, 0.1) is 5.60 Å². The zero-order valence-electron chi connectivity index (χ0n) is 10.6. The lowest BCUT2D eigenvalue weighted by Gasteiger charge is -2.26. The molecule has 0 spiro atoms. The predicted molar refractivity (Wildman–Crippen MR) is 72.1 cm³/mol. The summed E-state index contributed by atoms with van der Waals surface area (Å²) in [5, 5.41) is 9.70. The molecule has 1 rings (SSSR count). The van der Waals surface area contributed by atoms with Gasteiger partial charge in [-0.15, -0.1) is 0 Å². The number of halogens is 1. The van der Waals surface area contributed by atoms with Gasteiger partial charge >= 0.3 is 0 Å². The van der Waals surface area contributed by atoms with Gasteiger partial charge in [0.15, 0.2) is 0 Å². The van der Waals surface area contributed by atoms with Crippen LogP contribution in [-0.2, 0) is 0 Å². The number of hydrogen-bond acceptors (Lipinski definition) is 2. The van der Waals surface area contributed by atoms with Crippen LogP contribution >= 0.6 is 15.9 Å². The third-order valence-corrected chi connectivity index (χ3v) is 3.33. The minimum absolute atomic E-state index is 0.0778. The van der Waals surface area contributed by atoms with E-state index >= 15 is 0 Å². The molecule has 0 radical (unpaired) electrons. The van der Waals surface area contributed by atoms with Gasteiger partial charge in [0.2, 0.25) is 0 Å². The Morgan fingerprint density at radius 3 is 2.59 bits per heavy atom. The van der Waals surface area contributed by atoms with Crippen molar-refractivity contribution >= 4 is 21.8 Å². The van der Waals surface area contributed by atoms with Crippen LogP contribution in [0.15, 0.2) is 22.7 Å². The molecule has 0 aliphatic heterocycles. The lowest BCUT2D eigenvalue weighted by Crippen LogP contribution is -2.39. The van der Waals surface area contributed by atoms with Crippen LogP contribution in [-0.4, -0.2) is 35.1 Å². The van der Waals surface area contributed by atoms with Crippen molar-refractivity contribution in [2.45, 2.75) is 26.4 Å². The second kappa shape index (κ2) is 5.19. The number of carbonyl (C=O) groups excluding carboxylic acids is 1. The average Bonchev–Trinajstić information content (AvgIpc) is 2.18. The van der Waals surface area contributed by atoms with E-state index in [1.54, 1.807) is 27.0 Å². The fraction of sp³-hybridized carbons (Fsp3) is 0.462. The average molecular weight is 300 g/mol. The summed E-state index contributed by atoms with van der Waals surface area (Å²) >= 11 is 3.40. The Bertz CT molecular complexity index is 424. The van der Waals surface area contributed by atoms with Gasteiger partial charge in [-0.2, -0.15) is 0 Å². The van der Waals surface area contributed by atoms with Crippen molar-refractivity contribution < 1.29 is 9.90 Å². The lowest BCUT2D eigenvalue weighted by atomic mass is 10.1. The number of amides is 1. The van der Waals surface area contributed by atoms with E-state index in [1.165, 1.54) is 4.90 Å². The number of aliphatic hydroxyl groups is 1. The van der Waals surface area contributed by atoms with Gasteiger partial charge in [0, 0.05) is 23.6 Å². The highest BCUT2D eigenvalue weighted by Crippen LogP contribution is 2.20. The van der Waals surface area contributed by atoms with Crippen LogP contribution in [0.3, 0.4) is 0 Å². The maximum atomic E-state index is 12.2. The molecule has 1 N–H and O–H groups in total. The summed E-state index contributed by atoms with van der Waals surface area (Å²) < 4.78 is 0.917. The van der Waals surface area contributed by atoms with Crippen LogP contribution in [0.2, 0.25) is 0 Å². The Kier molecular flexibility index (Phi) is 4.33. The van der Waals surface area contributed by atoms with Crippen molar-refractivity contribution in [3.05, 3.63) is 33.8 Å². The maximum Gasteiger partial charge on any atom is 0.254 e. The van der Waals surface area contributed by atoms with Gasteiger partial charge in [-0.05, 0) is 38.5 Å². The predicted octanol–water partition coefficient (Wildman–Crippen LogP) is 2.60. The Morgan fingerprint density at radius 2 is 2.06 bits per heavy atom. The van der Waals surface area contributed by atoms with Crippen LogP contribution in [0.25, 0.3) is 0 Å². The van der Waals surface area contributed by atoms with Crippen LogP contribution in [0.5, 0.6) is 0 Å². The monoisotopic (exact) mass is 299 g/mol. The SMILES string of the molecule is Cc1c(Br)cccc1C(=O)N(C)CC(C)(C)O. The van der Waals surface area contributed by atoms with Crippen LogP contribution in [0.1, 0.15) is 29.8 Å². The third-order valence-electron chi connectivity index (χ3n) is 2.47. The fourth-order valence-corrected chi connectivity index (χ4v) is 2.06. The maximum absolute atomic E-state index is 12.2. The van der Waals surface area contributed by atoms with Gasteiger partial charge in [-0.3, -0.25) is 4.79 Å². The summed E-state index contributed by atoms with van der Waals surface area (Å²) in [6, 6.07) is 5.54. The molecule has 1 amide bonds. The minimum Gasteiger partial charge on any atom is -0.389 e. The zero-order valence-corrected chi connectivity index (χ0v) is 12.2. The number of nitrogens with zero attached hydrogens (tertiary/aromatic N) is 1. The number of carbonyl (C=O) groups is 1. The molecule has 0 aliphatic carbocycles. The number of benzene rings is 1. The van der Waals surface area contributed by atoms with E-state index in [9.17, 15) is 9.90 Å². The molecule has 3 nitrogen and oxygen atoms in total. The summed E-state index contributed by atoms with van der Waals surface area (Å²) in [4.78, 5) is 13.7. The zero-order chi connectivity index (χ0) is 13.2. The summed E-state index contributed by atoms with van der Waals surface area (Å²) in [6.45, 7) is 5.57. The quantitative estimate of drug-likeness (QED) is 0.932. The molecule has 4 heteroatoms. The highest BCUT2D eigenvalue weighted by atomic mass is 79.9. The molecule has 0 saturated carbocycles. The number of likely N-dealkylation sites (N-methyl/N-ethyl adjacent to an activating group) is 1. The second-order valence-corrected chi connectivity index (χ2v) is 5.74. The van der Waals surface area contributed by atoms with E-state index in [0.717, 1.165) is 10.0 Å².